The first-order valence-electron chi connectivity index (χ1n) is 6.06. The van der Waals surface area contributed by atoms with Crippen molar-refractivity contribution < 1.29 is 4.79 Å². The number of hydrogen-bond donors (Lipinski definition) is 1. The molecular weight excluding hydrogens is 210 g/mol. The molecule has 1 aromatic rings. The van der Waals surface area contributed by atoms with E-state index in [0.29, 0.717) is 18.6 Å². The summed E-state index contributed by atoms with van der Waals surface area (Å²) in [5.74, 6) is 0.327. The lowest BCUT2D eigenvalue weighted by Gasteiger charge is -2.27. The van der Waals surface area contributed by atoms with Crippen molar-refractivity contribution in [3.05, 3.63) is 47.7 Å². The van der Waals surface area contributed by atoms with E-state index < -0.39 is 0 Å². The number of Topliss-reactive ketones (excluding diaryl/α,β-unsaturated/α-hetero) is 1. The zero-order valence-electron chi connectivity index (χ0n) is 10.5. The smallest absolute Gasteiger partial charge is 0.139 e. The highest BCUT2D eigenvalue weighted by molar-refractivity contribution is 5.83. The molecule has 2 heteroatoms. The maximum absolute atomic E-state index is 11.6. The average Bonchev–Trinajstić information content (AvgIpc) is 2.25. The van der Waals surface area contributed by atoms with Crippen molar-refractivity contribution >= 4 is 5.78 Å². The molecule has 1 aliphatic carbocycles. The minimum atomic E-state index is -0.00560. The molecule has 0 heterocycles. The summed E-state index contributed by atoms with van der Waals surface area (Å²) in [4.78, 5) is 11.6. The van der Waals surface area contributed by atoms with Crippen LogP contribution in [-0.4, -0.2) is 5.78 Å². The summed E-state index contributed by atoms with van der Waals surface area (Å²) in [6, 6.07) is 10.2. The minimum absolute atomic E-state index is 0.00560. The van der Waals surface area contributed by atoms with E-state index in [2.05, 4.69) is 37.4 Å². The highest BCUT2D eigenvalue weighted by Crippen LogP contribution is 2.30. The summed E-state index contributed by atoms with van der Waals surface area (Å²) in [7, 11) is 0. The third kappa shape index (κ3) is 3.45. The van der Waals surface area contributed by atoms with E-state index >= 15 is 0 Å². The largest absolute Gasteiger partial charge is 0.384 e. The van der Waals surface area contributed by atoms with E-state index in [4.69, 9.17) is 0 Å². The van der Waals surface area contributed by atoms with Crippen LogP contribution in [0, 0.1) is 5.41 Å². The van der Waals surface area contributed by atoms with Crippen LogP contribution in [0.1, 0.15) is 32.3 Å². The normalized spacial score (nSPS) is 18.7. The molecular formula is C15H19NO. The molecule has 1 N–H and O–H groups in total. The molecule has 0 unspecified atom stereocenters. The Morgan fingerprint density at radius 2 is 1.94 bits per heavy atom. The number of hydrogen-bond acceptors (Lipinski definition) is 2. The molecule has 0 fully saturated rings. The van der Waals surface area contributed by atoms with Crippen molar-refractivity contribution in [1.82, 2.24) is 5.32 Å². The summed E-state index contributed by atoms with van der Waals surface area (Å²) in [6.07, 6.45) is 3.40. The molecule has 0 bridgehead atoms. The number of ketones is 1. The lowest BCUT2D eigenvalue weighted by atomic mass is 9.81. The summed E-state index contributed by atoms with van der Waals surface area (Å²) >= 11 is 0. The lowest BCUT2D eigenvalue weighted by molar-refractivity contribution is -0.120. The molecule has 17 heavy (non-hydrogen) atoms. The van der Waals surface area contributed by atoms with Crippen molar-refractivity contribution in [2.75, 3.05) is 0 Å². The third-order valence-electron chi connectivity index (χ3n) is 2.97. The highest BCUT2D eigenvalue weighted by atomic mass is 16.1. The van der Waals surface area contributed by atoms with Gasteiger partial charge in [-0.15, -0.1) is 0 Å². The summed E-state index contributed by atoms with van der Waals surface area (Å²) < 4.78 is 0. The molecule has 0 saturated heterocycles. The average molecular weight is 229 g/mol. The molecule has 0 atom stereocenters. The molecule has 0 amide bonds. The van der Waals surface area contributed by atoms with Gasteiger partial charge >= 0.3 is 0 Å². The van der Waals surface area contributed by atoms with Crippen molar-refractivity contribution in [2.24, 2.45) is 5.41 Å². The molecule has 90 valence electrons. The molecule has 0 spiro atoms. The summed E-state index contributed by atoms with van der Waals surface area (Å²) in [5.41, 5.74) is 2.30. The van der Waals surface area contributed by atoms with Crippen molar-refractivity contribution in [2.45, 2.75) is 33.2 Å². The molecule has 0 aromatic heterocycles. The van der Waals surface area contributed by atoms with Crippen LogP contribution in [-0.2, 0) is 11.3 Å². The third-order valence-corrected chi connectivity index (χ3v) is 2.97. The van der Waals surface area contributed by atoms with E-state index in [0.717, 1.165) is 12.2 Å². The predicted octanol–water partition coefficient (Wildman–Crippen LogP) is 3.05. The first-order valence-corrected chi connectivity index (χ1v) is 6.06. The second-order valence-corrected chi connectivity index (χ2v) is 5.39. The summed E-state index contributed by atoms with van der Waals surface area (Å²) in [5, 5.41) is 3.36. The fourth-order valence-electron chi connectivity index (χ4n) is 2.28. The van der Waals surface area contributed by atoms with Gasteiger partial charge in [-0.25, -0.2) is 0 Å². The van der Waals surface area contributed by atoms with Crippen LogP contribution >= 0.6 is 0 Å². The van der Waals surface area contributed by atoms with Gasteiger partial charge in [0.05, 0.1) is 0 Å². The fourth-order valence-corrected chi connectivity index (χ4v) is 2.28. The van der Waals surface area contributed by atoms with Crippen molar-refractivity contribution in [3.8, 4) is 0 Å². The van der Waals surface area contributed by atoms with Gasteiger partial charge < -0.3 is 5.32 Å². The van der Waals surface area contributed by atoms with Gasteiger partial charge in [-0.2, -0.15) is 0 Å². The maximum atomic E-state index is 11.6. The zero-order valence-corrected chi connectivity index (χ0v) is 10.5. The first-order chi connectivity index (χ1) is 8.05. The molecule has 2 nitrogen and oxygen atoms in total. The van der Waals surface area contributed by atoms with Gasteiger partial charge in [-0.1, -0.05) is 50.3 Å². The Hall–Kier alpha value is -1.57. The second-order valence-electron chi connectivity index (χ2n) is 5.39. The van der Waals surface area contributed by atoms with Gasteiger partial charge in [0, 0.05) is 25.1 Å². The van der Waals surface area contributed by atoms with Gasteiger partial charge in [-0.05, 0) is 11.0 Å². The summed E-state index contributed by atoms with van der Waals surface area (Å²) in [6.45, 7) is 5.00. The zero-order chi connectivity index (χ0) is 12.3. The van der Waals surface area contributed by atoms with Crippen LogP contribution in [0.25, 0.3) is 0 Å². The number of benzene rings is 1. The van der Waals surface area contributed by atoms with E-state index in [1.54, 1.807) is 0 Å². The van der Waals surface area contributed by atoms with Gasteiger partial charge in [0.1, 0.15) is 5.78 Å². The van der Waals surface area contributed by atoms with Crippen molar-refractivity contribution in [3.63, 3.8) is 0 Å². The number of nitrogens with one attached hydrogen (secondary N) is 1. The fraction of sp³-hybridized carbons (Fsp3) is 0.400. The Morgan fingerprint density at radius 3 is 2.59 bits per heavy atom. The Morgan fingerprint density at radius 1 is 1.24 bits per heavy atom. The van der Waals surface area contributed by atoms with E-state index in [1.807, 2.05) is 18.2 Å². The number of rotatable bonds is 3. The minimum Gasteiger partial charge on any atom is -0.384 e. The number of carbonyl (C=O) groups is 1. The lowest BCUT2D eigenvalue weighted by Crippen LogP contribution is -2.26. The quantitative estimate of drug-likeness (QED) is 0.863. The van der Waals surface area contributed by atoms with Gasteiger partial charge in [0.25, 0.3) is 0 Å². The van der Waals surface area contributed by atoms with Crippen LogP contribution < -0.4 is 5.32 Å². The maximum Gasteiger partial charge on any atom is 0.139 e. The van der Waals surface area contributed by atoms with Crippen LogP contribution in [0.15, 0.2) is 42.1 Å². The first kappa shape index (κ1) is 11.9. The Labute approximate surface area is 103 Å². The van der Waals surface area contributed by atoms with Gasteiger partial charge in [0.15, 0.2) is 0 Å². The van der Waals surface area contributed by atoms with E-state index in [1.165, 1.54) is 5.56 Å². The molecule has 0 aliphatic heterocycles. The van der Waals surface area contributed by atoms with E-state index in [-0.39, 0.29) is 5.41 Å². The standard InChI is InChI=1S/C15H19NO/c1-15(2)9-13(8-14(17)10-15)16-11-12-6-4-3-5-7-12/h3-7,9,16H,8,10-11H2,1-2H3. The van der Waals surface area contributed by atoms with Crippen molar-refractivity contribution in [1.29, 1.82) is 0 Å². The van der Waals surface area contributed by atoms with Gasteiger partial charge in [0.2, 0.25) is 0 Å². The SMILES string of the molecule is CC1(C)C=C(NCc2ccccc2)CC(=O)C1. The molecule has 0 radical (unpaired) electrons. The molecule has 0 saturated carbocycles. The Bertz CT molecular complexity index is 431. The molecule has 1 aliphatic rings. The monoisotopic (exact) mass is 229 g/mol. The Balaban J connectivity index is 2.00. The second kappa shape index (κ2) is 4.74. The Kier molecular flexibility index (Phi) is 3.32. The topological polar surface area (TPSA) is 29.1 Å². The number of allylic oxidation sites excluding steroid dienone is 2. The molecule has 2 rings (SSSR count). The van der Waals surface area contributed by atoms with Crippen LogP contribution in [0.5, 0.6) is 0 Å². The van der Waals surface area contributed by atoms with Crippen LogP contribution in [0.4, 0.5) is 0 Å². The van der Waals surface area contributed by atoms with Crippen LogP contribution in [0.2, 0.25) is 0 Å². The number of carbonyl (C=O) groups excluding carboxylic acids is 1. The van der Waals surface area contributed by atoms with Crippen LogP contribution in [0.3, 0.4) is 0 Å². The predicted molar refractivity (Wildman–Crippen MR) is 69.4 cm³/mol. The molecule has 1 aromatic carbocycles. The van der Waals surface area contributed by atoms with E-state index in [9.17, 15) is 4.79 Å². The highest BCUT2D eigenvalue weighted by Gasteiger charge is 2.25. The van der Waals surface area contributed by atoms with Gasteiger partial charge in [-0.3, -0.25) is 4.79 Å².